The summed E-state index contributed by atoms with van der Waals surface area (Å²) in [5.41, 5.74) is -0.254. The molecule has 0 aromatic carbocycles. The van der Waals surface area contributed by atoms with E-state index in [0.29, 0.717) is 32.0 Å². The summed E-state index contributed by atoms with van der Waals surface area (Å²) >= 11 is 0. The molecule has 0 radical (unpaired) electrons. The van der Waals surface area contributed by atoms with Gasteiger partial charge in [-0.1, -0.05) is 13.8 Å². The highest BCUT2D eigenvalue weighted by molar-refractivity contribution is 5.91. The van der Waals surface area contributed by atoms with Crippen molar-refractivity contribution >= 4 is 5.78 Å². The summed E-state index contributed by atoms with van der Waals surface area (Å²) in [7, 11) is 1.68. The van der Waals surface area contributed by atoms with E-state index in [1.165, 1.54) is 0 Å². The van der Waals surface area contributed by atoms with Gasteiger partial charge in [-0.3, -0.25) is 4.79 Å². The maximum Gasteiger partial charge on any atom is 0.143 e. The molecule has 2 atom stereocenters. The highest BCUT2D eigenvalue weighted by atomic mass is 16.5. The number of rotatable bonds is 9. The van der Waals surface area contributed by atoms with Crippen molar-refractivity contribution in [3.05, 3.63) is 0 Å². The Morgan fingerprint density at radius 3 is 2.65 bits per heavy atom. The van der Waals surface area contributed by atoms with Crippen molar-refractivity contribution in [3.63, 3.8) is 0 Å². The minimum Gasteiger partial charge on any atom is -0.385 e. The van der Waals surface area contributed by atoms with Gasteiger partial charge in [-0.05, 0) is 12.8 Å². The predicted molar refractivity (Wildman–Crippen MR) is 65.1 cm³/mol. The minimum absolute atomic E-state index is 0.0857. The fourth-order valence-electron chi connectivity index (χ4n) is 2.00. The summed E-state index contributed by atoms with van der Waals surface area (Å²) < 4.78 is 16.0. The molecule has 0 aliphatic heterocycles. The molecule has 1 rings (SSSR count). The minimum atomic E-state index is -0.254. The molecule has 0 aromatic heterocycles. The maximum atomic E-state index is 11.5. The van der Waals surface area contributed by atoms with E-state index in [1.54, 1.807) is 7.11 Å². The normalized spacial score (nSPS) is 28.2. The SMILES string of the molecule is CCC1(C)C(=O)CC1OCCOCCCOC. The van der Waals surface area contributed by atoms with Gasteiger partial charge in [0, 0.05) is 26.7 Å². The molecule has 2 unspecified atom stereocenters. The van der Waals surface area contributed by atoms with Gasteiger partial charge in [-0.25, -0.2) is 0 Å². The van der Waals surface area contributed by atoms with Gasteiger partial charge < -0.3 is 14.2 Å². The summed E-state index contributed by atoms with van der Waals surface area (Å²) in [5, 5.41) is 0. The quantitative estimate of drug-likeness (QED) is 0.580. The molecule has 4 nitrogen and oxygen atoms in total. The van der Waals surface area contributed by atoms with Crippen molar-refractivity contribution in [3.8, 4) is 0 Å². The molecular weight excluding hydrogens is 220 g/mol. The molecule has 1 fully saturated rings. The van der Waals surface area contributed by atoms with Crippen LogP contribution in [0.4, 0.5) is 0 Å². The molecule has 0 amide bonds. The van der Waals surface area contributed by atoms with E-state index in [1.807, 2.05) is 13.8 Å². The van der Waals surface area contributed by atoms with E-state index >= 15 is 0 Å². The molecule has 17 heavy (non-hydrogen) atoms. The van der Waals surface area contributed by atoms with E-state index in [2.05, 4.69) is 0 Å². The van der Waals surface area contributed by atoms with Gasteiger partial charge >= 0.3 is 0 Å². The Balaban J connectivity index is 2.02. The molecule has 0 heterocycles. The van der Waals surface area contributed by atoms with Crippen molar-refractivity contribution in [1.29, 1.82) is 0 Å². The first-order valence-corrected chi connectivity index (χ1v) is 6.36. The monoisotopic (exact) mass is 244 g/mol. The second kappa shape index (κ2) is 7.09. The van der Waals surface area contributed by atoms with Crippen molar-refractivity contribution in [2.24, 2.45) is 5.41 Å². The fraction of sp³-hybridized carbons (Fsp3) is 0.923. The Bertz CT molecular complexity index is 242. The average molecular weight is 244 g/mol. The number of carbonyl (C=O) groups is 1. The van der Waals surface area contributed by atoms with Crippen LogP contribution in [-0.4, -0.2) is 45.4 Å². The third-order valence-corrected chi connectivity index (χ3v) is 3.64. The molecule has 100 valence electrons. The van der Waals surface area contributed by atoms with Crippen LogP contribution in [0.1, 0.15) is 33.1 Å². The van der Waals surface area contributed by atoms with Crippen LogP contribution in [0.3, 0.4) is 0 Å². The van der Waals surface area contributed by atoms with Gasteiger partial charge in [0.25, 0.3) is 0 Å². The lowest BCUT2D eigenvalue weighted by Crippen LogP contribution is -2.53. The van der Waals surface area contributed by atoms with Gasteiger partial charge in [-0.15, -0.1) is 0 Å². The van der Waals surface area contributed by atoms with Gasteiger partial charge in [0.2, 0.25) is 0 Å². The van der Waals surface area contributed by atoms with Gasteiger partial charge in [-0.2, -0.15) is 0 Å². The average Bonchev–Trinajstić information content (AvgIpc) is 2.35. The van der Waals surface area contributed by atoms with E-state index in [9.17, 15) is 4.79 Å². The lowest BCUT2D eigenvalue weighted by molar-refractivity contribution is -0.163. The van der Waals surface area contributed by atoms with Crippen LogP contribution in [0.15, 0.2) is 0 Å². The first-order valence-electron chi connectivity index (χ1n) is 6.36. The number of hydrogen-bond acceptors (Lipinski definition) is 4. The molecule has 1 aliphatic carbocycles. The Morgan fingerprint density at radius 2 is 2.06 bits per heavy atom. The number of methoxy groups -OCH3 is 1. The zero-order valence-electron chi connectivity index (χ0n) is 11.2. The highest BCUT2D eigenvalue weighted by Crippen LogP contribution is 2.42. The van der Waals surface area contributed by atoms with Crippen LogP contribution in [0.2, 0.25) is 0 Å². The van der Waals surface area contributed by atoms with Crippen molar-refractivity contribution in [1.82, 2.24) is 0 Å². The van der Waals surface area contributed by atoms with E-state index in [-0.39, 0.29) is 11.5 Å². The Labute approximate surface area is 104 Å². The molecule has 0 aromatic rings. The van der Waals surface area contributed by atoms with Crippen LogP contribution >= 0.6 is 0 Å². The number of carbonyl (C=O) groups excluding carboxylic acids is 1. The number of ether oxygens (including phenoxy) is 3. The van der Waals surface area contributed by atoms with Gasteiger partial charge in [0.15, 0.2) is 0 Å². The summed E-state index contributed by atoms with van der Waals surface area (Å²) in [5.74, 6) is 0.325. The van der Waals surface area contributed by atoms with Crippen LogP contribution in [0.5, 0.6) is 0 Å². The van der Waals surface area contributed by atoms with Crippen molar-refractivity contribution < 1.29 is 19.0 Å². The zero-order chi connectivity index (χ0) is 12.7. The Morgan fingerprint density at radius 1 is 1.29 bits per heavy atom. The lowest BCUT2D eigenvalue weighted by Gasteiger charge is -2.44. The standard InChI is InChI=1S/C13H24O4/c1-4-13(2)11(14)10-12(13)17-9-8-16-7-5-6-15-3/h12H,4-10H2,1-3H3. The van der Waals surface area contributed by atoms with Gasteiger partial charge in [0.1, 0.15) is 5.78 Å². The number of ketones is 1. The fourth-order valence-corrected chi connectivity index (χ4v) is 2.00. The van der Waals surface area contributed by atoms with Gasteiger partial charge in [0.05, 0.1) is 24.7 Å². The third-order valence-electron chi connectivity index (χ3n) is 3.64. The van der Waals surface area contributed by atoms with E-state index < -0.39 is 0 Å². The van der Waals surface area contributed by atoms with Crippen LogP contribution in [0, 0.1) is 5.41 Å². The van der Waals surface area contributed by atoms with Crippen LogP contribution in [0.25, 0.3) is 0 Å². The summed E-state index contributed by atoms with van der Waals surface area (Å²) in [4.78, 5) is 11.5. The van der Waals surface area contributed by atoms with E-state index in [4.69, 9.17) is 14.2 Å². The molecule has 0 saturated heterocycles. The molecular formula is C13H24O4. The second-order valence-electron chi connectivity index (χ2n) is 4.72. The number of Topliss-reactive ketones (excluding diaryl/α,β-unsaturated/α-hetero) is 1. The summed E-state index contributed by atoms with van der Waals surface area (Å²) in [6.45, 7) is 6.62. The largest absolute Gasteiger partial charge is 0.385 e. The molecule has 0 N–H and O–H groups in total. The topological polar surface area (TPSA) is 44.8 Å². The Kier molecular flexibility index (Phi) is 6.09. The Hall–Kier alpha value is -0.450. The third kappa shape index (κ3) is 3.76. The number of hydrogen-bond donors (Lipinski definition) is 0. The highest BCUT2D eigenvalue weighted by Gasteiger charge is 2.50. The summed E-state index contributed by atoms with van der Waals surface area (Å²) in [6.07, 6.45) is 2.41. The molecule has 0 spiro atoms. The first-order chi connectivity index (χ1) is 8.15. The predicted octanol–water partition coefficient (Wildman–Crippen LogP) is 1.81. The molecule has 0 bridgehead atoms. The zero-order valence-corrected chi connectivity index (χ0v) is 11.2. The lowest BCUT2D eigenvalue weighted by atomic mass is 9.64. The summed E-state index contributed by atoms with van der Waals surface area (Å²) in [6, 6.07) is 0. The molecule has 4 heteroatoms. The second-order valence-corrected chi connectivity index (χ2v) is 4.72. The molecule has 1 saturated carbocycles. The smallest absolute Gasteiger partial charge is 0.143 e. The van der Waals surface area contributed by atoms with E-state index in [0.717, 1.165) is 19.4 Å². The molecule has 1 aliphatic rings. The van der Waals surface area contributed by atoms with Crippen LogP contribution in [-0.2, 0) is 19.0 Å². The van der Waals surface area contributed by atoms with Crippen molar-refractivity contribution in [2.45, 2.75) is 39.2 Å². The maximum absolute atomic E-state index is 11.5. The van der Waals surface area contributed by atoms with Crippen molar-refractivity contribution in [2.75, 3.05) is 33.5 Å². The first kappa shape index (κ1) is 14.6. The van der Waals surface area contributed by atoms with Crippen LogP contribution < -0.4 is 0 Å².